The molecule has 1 aliphatic rings. The van der Waals surface area contributed by atoms with Crippen LogP contribution in [0.5, 0.6) is 0 Å². The van der Waals surface area contributed by atoms with Crippen molar-refractivity contribution in [3.8, 4) is 5.69 Å². The number of rotatable bonds is 5. The van der Waals surface area contributed by atoms with Gasteiger partial charge in [-0.25, -0.2) is 14.4 Å². The Morgan fingerprint density at radius 1 is 1.13 bits per heavy atom. The number of amides is 3. The lowest BCUT2D eigenvalue weighted by molar-refractivity contribution is -0.127. The van der Waals surface area contributed by atoms with Gasteiger partial charge >= 0.3 is 17.7 Å². The molecule has 1 atom stereocenters. The van der Waals surface area contributed by atoms with Gasteiger partial charge in [-0.1, -0.05) is 19.3 Å². The van der Waals surface area contributed by atoms with E-state index in [0.717, 1.165) is 37.8 Å². The number of benzene rings is 1. The van der Waals surface area contributed by atoms with Gasteiger partial charge in [0.25, 0.3) is 5.91 Å². The van der Waals surface area contributed by atoms with Crippen LogP contribution in [0.3, 0.4) is 0 Å². The number of aromatic amines is 1. The van der Waals surface area contributed by atoms with E-state index in [1.165, 1.54) is 23.6 Å². The number of carbonyl (C=O) groups is 3. The summed E-state index contributed by atoms with van der Waals surface area (Å²) in [6.45, 7) is 3.18. The third kappa shape index (κ3) is 5.16. The van der Waals surface area contributed by atoms with E-state index < -0.39 is 24.0 Å². The molecular weight excluding hydrogens is 388 g/mol. The maximum Gasteiger partial charge on any atom is 0.338 e. The minimum absolute atomic E-state index is 0.0686. The summed E-state index contributed by atoms with van der Waals surface area (Å²) in [5.74, 6) is -1.39. The van der Waals surface area contributed by atoms with Gasteiger partial charge in [-0.05, 0) is 51.0 Å². The van der Waals surface area contributed by atoms with E-state index in [-0.39, 0.29) is 17.3 Å². The highest BCUT2D eigenvalue weighted by atomic mass is 16.5. The number of imide groups is 1. The molecule has 3 amide bonds. The molecule has 30 heavy (non-hydrogen) atoms. The molecule has 0 saturated heterocycles. The van der Waals surface area contributed by atoms with Crippen molar-refractivity contribution in [1.29, 1.82) is 0 Å². The van der Waals surface area contributed by atoms with Crippen LogP contribution in [0.1, 0.15) is 55.1 Å². The van der Waals surface area contributed by atoms with Crippen molar-refractivity contribution in [2.24, 2.45) is 0 Å². The Morgan fingerprint density at radius 3 is 2.40 bits per heavy atom. The van der Waals surface area contributed by atoms with E-state index in [1.807, 2.05) is 0 Å². The third-order valence-corrected chi connectivity index (χ3v) is 5.15. The predicted molar refractivity (Wildman–Crippen MR) is 110 cm³/mol. The predicted octanol–water partition coefficient (Wildman–Crippen LogP) is 2.18. The zero-order valence-electron chi connectivity index (χ0n) is 17.1. The Morgan fingerprint density at radius 2 is 1.80 bits per heavy atom. The molecule has 0 spiro atoms. The van der Waals surface area contributed by atoms with Crippen molar-refractivity contribution in [1.82, 2.24) is 20.2 Å². The first-order valence-corrected chi connectivity index (χ1v) is 10.0. The third-order valence-electron chi connectivity index (χ3n) is 5.15. The molecule has 2 aromatic rings. The molecule has 1 heterocycles. The number of esters is 1. The molecule has 0 radical (unpaired) electrons. The monoisotopic (exact) mass is 414 g/mol. The van der Waals surface area contributed by atoms with E-state index in [2.05, 4.69) is 15.6 Å². The van der Waals surface area contributed by atoms with Crippen LogP contribution in [0.2, 0.25) is 0 Å². The van der Waals surface area contributed by atoms with Gasteiger partial charge in [0, 0.05) is 17.9 Å². The van der Waals surface area contributed by atoms with Crippen molar-refractivity contribution in [2.75, 3.05) is 0 Å². The smallest absolute Gasteiger partial charge is 0.338 e. The molecule has 9 nitrogen and oxygen atoms in total. The molecule has 3 N–H and O–H groups in total. The van der Waals surface area contributed by atoms with Crippen LogP contribution in [0.15, 0.2) is 35.3 Å². The Balaban J connectivity index is 1.53. The first-order valence-electron chi connectivity index (χ1n) is 10.0. The Bertz CT molecular complexity index is 970. The second kappa shape index (κ2) is 9.43. The lowest BCUT2D eigenvalue weighted by Gasteiger charge is -2.23. The minimum atomic E-state index is -1.14. The Kier molecular flexibility index (Phi) is 6.71. The van der Waals surface area contributed by atoms with Crippen molar-refractivity contribution < 1.29 is 19.1 Å². The van der Waals surface area contributed by atoms with E-state index in [4.69, 9.17) is 4.74 Å². The number of imidazole rings is 1. The van der Waals surface area contributed by atoms with Gasteiger partial charge in [-0.2, -0.15) is 0 Å². The molecule has 1 saturated carbocycles. The average molecular weight is 414 g/mol. The molecule has 1 aromatic heterocycles. The molecule has 9 heteroatoms. The normalized spacial score (nSPS) is 15.3. The van der Waals surface area contributed by atoms with E-state index in [9.17, 15) is 19.2 Å². The molecule has 1 aliphatic carbocycles. The maximum atomic E-state index is 12.3. The number of urea groups is 1. The summed E-state index contributed by atoms with van der Waals surface area (Å²) in [5.41, 5.74) is 1.28. The standard InChI is InChI=1S/C21H26N4O5/c1-13-12-22-21(29)25(13)17-10-8-15(9-11-17)19(27)30-14(2)18(26)24-20(28)23-16-6-4-3-5-7-16/h8-12,14,16H,3-7H2,1-2H3,(H,22,29)(H2,23,24,26,28). The van der Waals surface area contributed by atoms with Crippen LogP contribution in [0.4, 0.5) is 4.79 Å². The van der Waals surface area contributed by atoms with Crippen molar-refractivity contribution in [3.63, 3.8) is 0 Å². The highest BCUT2D eigenvalue weighted by Gasteiger charge is 2.22. The van der Waals surface area contributed by atoms with E-state index >= 15 is 0 Å². The lowest BCUT2D eigenvalue weighted by Crippen LogP contribution is -2.48. The summed E-state index contributed by atoms with van der Waals surface area (Å²) in [7, 11) is 0. The van der Waals surface area contributed by atoms with Crippen molar-refractivity contribution in [2.45, 2.75) is 58.1 Å². The SMILES string of the molecule is Cc1c[nH]c(=O)n1-c1ccc(C(=O)OC(C)C(=O)NC(=O)NC2CCCCC2)cc1. The van der Waals surface area contributed by atoms with E-state index in [1.54, 1.807) is 25.3 Å². The first kappa shape index (κ1) is 21.4. The summed E-state index contributed by atoms with van der Waals surface area (Å²) in [4.78, 5) is 50.9. The number of ether oxygens (including phenoxy) is 1. The number of aromatic nitrogens is 2. The fraction of sp³-hybridized carbons (Fsp3) is 0.429. The number of hydrogen-bond donors (Lipinski definition) is 3. The number of aryl methyl sites for hydroxylation is 1. The average Bonchev–Trinajstić information content (AvgIpc) is 3.06. The summed E-state index contributed by atoms with van der Waals surface area (Å²) in [5, 5.41) is 4.99. The highest BCUT2D eigenvalue weighted by molar-refractivity contribution is 5.98. The van der Waals surface area contributed by atoms with Crippen LogP contribution in [0, 0.1) is 6.92 Å². The highest BCUT2D eigenvalue weighted by Crippen LogP contribution is 2.17. The summed E-state index contributed by atoms with van der Waals surface area (Å²) >= 11 is 0. The first-order chi connectivity index (χ1) is 14.3. The zero-order chi connectivity index (χ0) is 21.7. The maximum absolute atomic E-state index is 12.3. The number of nitrogens with one attached hydrogen (secondary N) is 3. The molecule has 1 aromatic carbocycles. The summed E-state index contributed by atoms with van der Waals surface area (Å²) < 4.78 is 6.63. The Labute approximate surface area is 173 Å². The fourth-order valence-electron chi connectivity index (χ4n) is 3.49. The number of hydrogen-bond acceptors (Lipinski definition) is 5. The van der Waals surface area contributed by atoms with Gasteiger partial charge in [0.1, 0.15) is 0 Å². The zero-order valence-corrected chi connectivity index (χ0v) is 17.1. The molecular formula is C21H26N4O5. The van der Waals surface area contributed by atoms with Gasteiger partial charge in [0.15, 0.2) is 6.10 Å². The van der Waals surface area contributed by atoms with Crippen LogP contribution in [-0.4, -0.2) is 39.6 Å². The molecule has 1 unspecified atom stereocenters. The molecule has 3 rings (SSSR count). The van der Waals surface area contributed by atoms with Gasteiger partial charge in [-0.3, -0.25) is 14.7 Å². The van der Waals surface area contributed by atoms with E-state index in [0.29, 0.717) is 5.69 Å². The van der Waals surface area contributed by atoms with Crippen LogP contribution in [-0.2, 0) is 9.53 Å². The minimum Gasteiger partial charge on any atom is -0.449 e. The molecule has 0 aliphatic heterocycles. The summed E-state index contributed by atoms with van der Waals surface area (Å²) in [6.07, 6.45) is 5.54. The lowest BCUT2D eigenvalue weighted by atomic mass is 9.96. The Hall–Kier alpha value is -3.36. The number of nitrogens with zero attached hydrogens (tertiary/aromatic N) is 1. The quantitative estimate of drug-likeness (QED) is 0.647. The number of carbonyl (C=O) groups excluding carboxylic acids is 3. The van der Waals surface area contributed by atoms with Gasteiger partial charge < -0.3 is 15.0 Å². The van der Waals surface area contributed by atoms with Gasteiger partial charge in [-0.15, -0.1) is 0 Å². The van der Waals surface area contributed by atoms with Gasteiger partial charge in [0.2, 0.25) is 0 Å². The van der Waals surface area contributed by atoms with Crippen LogP contribution < -0.4 is 16.3 Å². The van der Waals surface area contributed by atoms with Gasteiger partial charge in [0.05, 0.1) is 11.3 Å². The molecule has 1 fully saturated rings. The second-order valence-electron chi connectivity index (χ2n) is 7.46. The molecule has 160 valence electrons. The topological polar surface area (TPSA) is 122 Å². The van der Waals surface area contributed by atoms with Crippen LogP contribution >= 0.6 is 0 Å². The summed E-state index contributed by atoms with van der Waals surface area (Å²) in [6, 6.07) is 5.74. The van der Waals surface area contributed by atoms with Crippen LogP contribution in [0.25, 0.3) is 5.69 Å². The molecule has 0 bridgehead atoms. The fourth-order valence-corrected chi connectivity index (χ4v) is 3.49. The van der Waals surface area contributed by atoms with Crippen molar-refractivity contribution >= 4 is 17.9 Å². The second-order valence-corrected chi connectivity index (χ2v) is 7.46. The number of H-pyrrole nitrogens is 1. The largest absolute Gasteiger partial charge is 0.449 e. The van der Waals surface area contributed by atoms with Crippen molar-refractivity contribution in [3.05, 3.63) is 52.2 Å².